The number of esters is 2. The number of ether oxygens (including phenoxy) is 2. The van der Waals surface area contributed by atoms with Crippen molar-refractivity contribution >= 4 is 19.8 Å². The summed E-state index contributed by atoms with van der Waals surface area (Å²) < 4.78 is 32.8. The largest absolute Gasteiger partial charge is 0.472 e. The van der Waals surface area contributed by atoms with Crippen molar-refractivity contribution in [3.05, 3.63) is 24.3 Å². The molecule has 0 saturated heterocycles. The van der Waals surface area contributed by atoms with E-state index in [9.17, 15) is 24.2 Å². The van der Waals surface area contributed by atoms with Crippen molar-refractivity contribution in [2.45, 2.75) is 257 Å². The molecule has 0 aliphatic carbocycles. The van der Waals surface area contributed by atoms with Gasteiger partial charge in [-0.1, -0.05) is 205 Å². The maximum absolute atomic E-state index is 12.7. The molecule has 3 atom stereocenters. The summed E-state index contributed by atoms with van der Waals surface area (Å²) in [5, 5.41) is 18.4. The van der Waals surface area contributed by atoms with E-state index in [0.29, 0.717) is 12.8 Å². The Hall–Kier alpha value is -1.55. The number of rotatable bonds is 48. The van der Waals surface area contributed by atoms with Gasteiger partial charge in [0.15, 0.2) is 6.10 Å². The Morgan fingerprint density at radius 1 is 0.475 bits per heavy atom. The predicted molar refractivity (Wildman–Crippen MR) is 252 cm³/mol. The maximum Gasteiger partial charge on any atom is 0.472 e. The molecule has 0 aliphatic heterocycles. The fraction of sp³-hybridized carbons (Fsp3) is 0.880. The fourth-order valence-corrected chi connectivity index (χ4v) is 7.95. The Balaban J connectivity index is 4.17. The average Bonchev–Trinajstić information content (AvgIpc) is 3.25. The van der Waals surface area contributed by atoms with E-state index in [1.54, 1.807) is 0 Å². The third-order valence-electron chi connectivity index (χ3n) is 11.1. The van der Waals surface area contributed by atoms with Crippen molar-refractivity contribution in [3.63, 3.8) is 0 Å². The van der Waals surface area contributed by atoms with Crippen LogP contribution in [0, 0.1) is 0 Å². The Bertz CT molecular complexity index is 1070. The highest BCUT2D eigenvalue weighted by molar-refractivity contribution is 7.47. The molecule has 0 heterocycles. The second-order valence-electron chi connectivity index (χ2n) is 17.2. The van der Waals surface area contributed by atoms with E-state index < -0.39 is 51.8 Å². The highest BCUT2D eigenvalue weighted by Gasteiger charge is 2.27. The molecule has 0 aliphatic rings. The van der Waals surface area contributed by atoms with E-state index >= 15 is 0 Å². The molecule has 0 saturated carbocycles. The van der Waals surface area contributed by atoms with Gasteiger partial charge in [0.05, 0.1) is 19.8 Å². The van der Waals surface area contributed by atoms with Crippen LogP contribution in [0.3, 0.4) is 0 Å². The molecule has 360 valence electrons. The minimum absolute atomic E-state index is 0.139. The monoisotopic (exact) mass is 887 g/mol. The minimum Gasteiger partial charge on any atom is -0.462 e. The molecule has 0 bridgehead atoms. The zero-order valence-corrected chi connectivity index (χ0v) is 40.3. The van der Waals surface area contributed by atoms with Gasteiger partial charge in [0.25, 0.3) is 0 Å². The normalized spacial score (nSPS) is 13.9. The van der Waals surface area contributed by atoms with Crippen molar-refractivity contribution in [2.24, 2.45) is 0 Å². The first kappa shape index (κ1) is 59.5. The molecule has 0 fully saturated rings. The number of unbranched alkanes of at least 4 members (excludes halogenated alkanes) is 30. The van der Waals surface area contributed by atoms with Crippen LogP contribution in [0.4, 0.5) is 0 Å². The number of carbonyl (C=O) groups is 2. The Morgan fingerprint density at radius 2 is 0.836 bits per heavy atom. The van der Waals surface area contributed by atoms with Gasteiger partial charge >= 0.3 is 19.8 Å². The van der Waals surface area contributed by atoms with E-state index in [0.717, 1.165) is 32.1 Å². The first-order valence-electron chi connectivity index (χ1n) is 25.3. The summed E-state index contributed by atoms with van der Waals surface area (Å²) in [7, 11) is -4.63. The number of aliphatic hydroxyl groups is 2. The zero-order valence-electron chi connectivity index (χ0n) is 39.4. The van der Waals surface area contributed by atoms with Crippen molar-refractivity contribution < 1.29 is 47.8 Å². The van der Waals surface area contributed by atoms with Gasteiger partial charge < -0.3 is 24.6 Å². The van der Waals surface area contributed by atoms with E-state index in [4.69, 9.17) is 23.6 Å². The van der Waals surface area contributed by atoms with Crippen molar-refractivity contribution in [1.29, 1.82) is 0 Å². The van der Waals surface area contributed by atoms with Crippen LogP contribution in [0.25, 0.3) is 0 Å². The number of hydrogen-bond donors (Lipinski definition) is 3. The summed E-state index contributed by atoms with van der Waals surface area (Å²) >= 11 is 0. The first-order chi connectivity index (χ1) is 29.7. The van der Waals surface area contributed by atoms with Gasteiger partial charge in [-0.05, 0) is 51.4 Å². The van der Waals surface area contributed by atoms with Gasteiger partial charge in [-0.3, -0.25) is 18.6 Å². The van der Waals surface area contributed by atoms with Crippen molar-refractivity contribution in [1.82, 2.24) is 0 Å². The number of phosphoric acid groups is 1. The lowest BCUT2D eigenvalue weighted by atomic mass is 10.0. The molecule has 0 rings (SSSR count). The van der Waals surface area contributed by atoms with Crippen LogP contribution in [-0.4, -0.2) is 65.7 Å². The van der Waals surface area contributed by atoms with Crippen molar-refractivity contribution in [3.8, 4) is 0 Å². The summed E-state index contributed by atoms with van der Waals surface area (Å²) in [5.41, 5.74) is 0. The third kappa shape index (κ3) is 46.3. The maximum atomic E-state index is 12.7. The minimum atomic E-state index is -4.63. The van der Waals surface area contributed by atoms with E-state index in [1.807, 2.05) is 0 Å². The molecule has 1 unspecified atom stereocenters. The summed E-state index contributed by atoms with van der Waals surface area (Å²) in [6.07, 6.45) is 48.7. The lowest BCUT2D eigenvalue weighted by molar-refractivity contribution is -0.161. The Labute approximate surface area is 374 Å². The summed E-state index contributed by atoms with van der Waals surface area (Å²) in [6, 6.07) is 0. The number of allylic oxidation sites excluding steroid dienone is 4. The average molecular weight is 887 g/mol. The van der Waals surface area contributed by atoms with Crippen LogP contribution in [0.5, 0.6) is 0 Å². The highest BCUT2D eigenvalue weighted by Crippen LogP contribution is 2.43. The van der Waals surface area contributed by atoms with E-state index in [1.165, 1.54) is 173 Å². The SMILES string of the molecule is CCCC/C=C/CCCCCCCCCCCC(=O)OC[C@H](COP(=O)(O)OC[C@@H](O)CO)OC(=O)CCC/C=C/CCCCCCCCCCCCCCCCCCCC. The molecule has 11 heteroatoms. The van der Waals surface area contributed by atoms with Crippen LogP contribution in [-0.2, 0) is 32.7 Å². The number of phosphoric ester groups is 1. The molecule has 0 amide bonds. The summed E-state index contributed by atoms with van der Waals surface area (Å²) in [4.78, 5) is 35.1. The summed E-state index contributed by atoms with van der Waals surface area (Å²) in [5.74, 6) is -0.954. The van der Waals surface area contributed by atoms with Gasteiger partial charge in [0.1, 0.15) is 12.7 Å². The first-order valence-corrected chi connectivity index (χ1v) is 26.8. The molecular formula is C50H95O10P. The smallest absolute Gasteiger partial charge is 0.462 e. The number of aliphatic hydroxyl groups excluding tert-OH is 2. The number of hydrogen-bond acceptors (Lipinski definition) is 9. The van der Waals surface area contributed by atoms with Crippen LogP contribution in [0.2, 0.25) is 0 Å². The zero-order chi connectivity index (χ0) is 44.8. The van der Waals surface area contributed by atoms with Crippen LogP contribution in [0.1, 0.15) is 245 Å². The molecule has 0 aromatic rings. The lowest BCUT2D eigenvalue weighted by Crippen LogP contribution is -2.29. The molecular weight excluding hydrogens is 792 g/mol. The molecule has 0 aromatic carbocycles. The molecule has 0 aromatic heterocycles. The Kier molecular flexibility index (Phi) is 45.3. The van der Waals surface area contributed by atoms with Gasteiger partial charge in [-0.25, -0.2) is 4.57 Å². The molecule has 10 nitrogen and oxygen atoms in total. The van der Waals surface area contributed by atoms with Gasteiger partial charge in [0.2, 0.25) is 0 Å². The Morgan fingerprint density at radius 3 is 1.28 bits per heavy atom. The quantitative estimate of drug-likeness (QED) is 0.0233. The number of carbonyl (C=O) groups excluding carboxylic acids is 2. The lowest BCUT2D eigenvalue weighted by Gasteiger charge is -2.20. The van der Waals surface area contributed by atoms with Crippen LogP contribution < -0.4 is 0 Å². The topological polar surface area (TPSA) is 149 Å². The molecule has 3 N–H and O–H groups in total. The van der Waals surface area contributed by atoms with E-state index in [-0.39, 0.29) is 19.4 Å². The van der Waals surface area contributed by atoms with Crippen LogP contribution in [0.15, 0.2) is 24.3 Å². The van der Waals surface area contributed by atoms with E-state index in [2.05, 4.69) is 38.2 Å². The second kappa shape index (κ2) is 46.4. The molecule has 0 spiro atoms. The van der Waals surface area contributed by atoms with Gasteiger partial charge in [-0.15, -0.1) is 0 Å². The standard InChI is InChI=1S/C50H95O10P/c1-3-5-7-9-11-13-15-17-19-20-21-22-23-24-25-26-28-30-32-34-36-38-40-42-50(54)60-48(46-59-61(55,56)58-44-47(52)43-51)45-57-49(53)41-39-37-35-33-31-29-27-18-16-14-12-10-8-6-4-2/h10,12,34,36,47-48,51-52H,3-9,11,13-33,35,37-46H2,1-2H3,(H,55,56)/b12-10+,36-34+/t47-,48+/m0/s1. The van der Waals surface area contributed by atoms with Gasteiger partial charge in [-0.2, -0.15) is 0 Å². The predicted octanol–water partition coefficient (Wildman–Crippen LogP) is 14.1. The molecule has 0 radical (unpaired) electrons. The van der Waals surface area contributed by atoms with Gasteiger partial charge in [0, 0.05) is 12.8 Å². The highest BCUT2D eigenvalue weighted by atomic mass is 31.2. The third-order valence-corrected chi connectivity index (χ3v) is 12.0. The fourth-order valence-electron chi connectivity index (χ4n) is 7.16. The second-order valence-corrected chi connectivity index (χ2v) is 18.6. The molecule has 61 heavy (non-hydrogen) atoms. The van der Waals surface area contributed by atoms with Crippen LogP contribution >= 0.6 is 7.82 Å². The van der Waals surface area contributed by atoms with Crippen molar-refractivity contribution in [2.75, 3.05) is 26.4 Å². The summed E-state index contributed by atoms with van der Waals surface area (Å²) in [6.45, 7) is 2.36.